The van der Waals surface area contributed by atoms with Crippen molar-refractivity contribution in [3.63, 3.8) is 0 Å². The first-order valence-electron chi connectivity index (χ1n) is 9.86. The minimum absolute atomic E-state index is 0.299. The number of para-hydroxylation sites is 1. The van der Waals surface area contributed by atoms with E-state index in [0.29, 0.717) is 34.1 Å². The zero-order chi connectivity index (χ0) is 20.8. The maximum Gasteiger partial charge on any atom is 0.282 e. The van der Waals surface area contributed by atoms with Gasteiger partial charge in [0.2, 0.25) is 0 Å². The van der Waals surface area contributed by atoms with Gasteiger partial charge in [0.1, 0.15) is 5.70 Å². The molecular formula is C25H19ClN2O2. The fourth-order valence-corrected chi connectivity index (χ4v) is 4.34. The van der Waals surface area contributed by atoms with Crippen LogP contribution in [0.25, 0.3) is 5.57 Å². The fourth-order valence-electron chi connectivity index (χ4n) is 4.22. The van der Waals surface area contributed by atoms with Crippen LogP contribution in [0, 0.1) is 6.92 Å². The molecule has 5 heteroatoms. The number of halogens is 1. The summed E-state index contributed by atoms with van der Waals surface area (Å²) in [6, 6.07) is 22.6. The van der Waals surface area contributed by atoms with E-state index < -0.39 is 0 Å². The van der Waals surface area contributed by atoms with Crippen LogP contribution in [-0.4, -0.2) is 18.4 Å². The lowest BCUT2D eigenvalue weighted by molar-refractivity contribution is -0.120. The Kier molecular flexibility index (Phi) is 4.44. The number of nitrogens with zero attached hydrogens (tertiary/aromatic N) is 2. The summed E-state index contributed by atoms with van der Waals surface area (Å²) in [5.41, 5.74) is 5.25. The number of anilines is 2. The second kappa shape index (κ2) is 7.15. The molecule has 2 amide bonds. The lowest BCUT2D eigenvalue weighted by atomic mass is 10.0. The van der Waals surface area contributed by atoms with Gasteiger partial charge in [-0.15, -0.1) is 0 Å². The molecule has 2 aliphatic rings. The Bertz CT molecular complexity index is 1210. The van der Waals surface area contributed by atoms with Crippen molar-refractivity contribution in [1.82, 2.24) is 0 Å². The Morgan fingerprint density at radius 1 is 0.867 bits per heavy atom. The van der Waals surface area contributed by atoms with Gasteiger partial charge in [0, 0.05) is 17.3 Å². The highest BCUT2D eigenvalue weighted by atomic mass is 35.5. The predicted octanol–water partition coefficient (Wildman–Crippen LogP) is 5.00. The SMILES string of the molecule is Cc1cccc(N2C(=O)C(c3ccc(Cl)cc3)=C(N3CCc4ccccc43)C2=O)c1. The van der Waals surface area contributed by atoms with Crippen molar-refractivity contribution >= 4 is 40.4 Å². The van der Waals surface area contributed by atoms with Crippen LogP contribution < -0.4 is 9.80 Å². The van der Waals surface area contributed by atoms with Gasteiger partial charge >= 0.3 is 0 Å². The lowest BCUT2D eigenvalue weighted by Crippen LogP contribution is -2.34. The second-order valence-corrected chi connectivity index (χ2v) is 7.98. The summed E-state index contributed by atoms with van der Waals surface area (Å²) in [6.45, 7) is 2.60. The number of amides is 2. The third-order valence-electron chi connectivity index (χ3n) is 5.61. The largest absolute Gasteiger partial charge is 0.336 e. The van der Waals surface area contributed by atoms with Gasteiger partial charge in [-0.25, -0.2) is 4.90 Å². The molecule has 0 fully saturated rings. The number of carbonyl (C=O) groups excluding carboxylic acids is 2. The van der Waals surface area contributed by atoms with Crippen molar-refractivity contribution in [1.29, 1.82) is 0 Å². The Morgan fingerprint density at radius 3 is 2.40 bits per heavy atom. The van der Waals surface area contributed by atoms with Crippen molar-refractivity contribution < 1.29 is 9.59 Å². The Hall–Kier alpha value is -3.37. The van der Waals surface area contributed by atoms with Crippen LogP contribution in [0.1, 0.15) is 16.7 Å². The summed E-state index contributed by atoms with van der Waals surface area (Å²) < 4.78 is 0. The van der Waals surface area contributed by atoms with Gasteiger partial charge in [0.25, 0.3) is 11.8 Å². The van der Waals surface area contributed by atoms with Crippen LogP contribution >= 0.6 is 11.6 Å². The van der Waals surface area contributed by atoms with E-state index in [1.54, 1.807) is 30.3 Å². The van der Waals surface area contributed by atoms with Gasteiger partial charge < -0.3 is 4.90 Å². The fraction of sp³-hybridized carbons (Fsp3) is 0.120. The summed E-state index contributed by atoms with van der Waals surface area (Å²) in [7, 11) is 0. The van der Waals surface area contributed by atoms with Gasteiger partial charge in [0.05, 0.1) is 11.3 Å². The molecule has 2 aliphatic heterocycles. The van der Waals surface area contributed by atoms with Crippen LogP contribution in [-0.2, 0) is 16.0 Å². The van der Waals surface area contributed by atoms with E-state index in [4.69, 9.17) is 11.6 Å². The van der Waals surface area contributed by atoms with Gasteiger partial charge in [-0.3, -0.25) is 9.59 Å². The molecule has 0 spiro atoms. The van der Waals surface area contributed by atoms with Crippen LogP contribution in [0.5, 0.6) is 0 Å². The van der Waals surface area contributed by atoms with Gasteiger partial charge in [0.15, 0.2) is 0 Å². The first kappa shape index (κ1) is 18.6. The summed E-state index contributed by atoms with van der Waals surface area (Å²) in [6.07, 6.45) is 0.833. The van der Waals surface area contributed by atoms with Gasteiger partial charge in [-0.2, -0.15) is 0 Å². The third kappa shape index (κ3) is 2.92. The number of imide groups is 1. The van der Waals surface area contributed by atoms with Crippen LogP contribution in [0.3, 0.4) is 0 Å². The smallest absolute Gasteiger partial charge is 0.282 e. The van der Waals surface area contributed by atoms with Crippen molar-refractivity contribution in [2.75, 3.05) is 16.3 Å². The van der Waals surface area contributed by atoms with E-state index >= 15 is 0 Å². The third-order valence-corrected chi connectivity index (χ3v) is 5.86. The number of aryl methyl sites for hydroxylation is 1. The van der Waals surface area contributed by atoms with Crippen molar-refractivity contribution in [3.05, 3.63) is 100 Å². The molecule has 0 bridgehead atoms. The molecule has 0 saturated carbocycles. The predicted molar refractivity (Wildman–Crippen MR) is 120 cm³/mol. The monoisotopic (exact) mass is 414 g/mol. The highest BCUT2D eigenvalue weighted by molar-refractivity contribution is 6.46. The summed E-state index contributed by atoms with van der Waals surface area (Å²) in [5, 5.41) is 0.583. The van der Waals surface area contributed by atoms with E-state index in [1.807, 2.05) is 48.2 Å². The number of rotatable bonds is 3. The molecule has 2 heterocycles. The zero-order valence-electron chi connectivity index (χ0n) is 16.4. The van der Waals surface area contributed by atoms with Gasteiger partial charge in [-0.1, -0.05) is 54.1 Å². The number of benzene rings is 3. The van der Waals surface area contributed by atoms with Crippen molar-refractivity contribution in [3.8, 4) is 0 Å². The van der Waals surface area contributed by atoms with Crippen LogP contribution in [0.4, 0.5) is 11.4 Å². The molecule has 0 N–H and O–H groups in total. The van der Waals surface area contributed by atoms with Crippen LogP contribution in [0.15, 0.2) is 78.5 Å². The molecule has 0 aromatic heterocycles. The Balaban J connectivity index is 1.69. The number of fused-ring (bicyclic) bond motifs is 1. The quantitative estimate of drug-likeness (QED) is 0.566. The molecule has 5 rings (SSSR count). The molecule has 148 valence electrons. The average molecular weight is 415 g/mol. The highest BCUT2D eigenvalue weighted by Gasteiger charge is 2.44. The summed E-state index contributed by atoms with van der Waals surface area (Å²) >= 11 is 6.07. The second-order valence-electron chi connectivity index (χ2n) is 7.55. The molecule has 3 aromatic rings. The molecule has 3 aromatic carbocycles. The van der Waals surface area contributed by atoms with E-state index in [9.17, 15) is 9.59 Å². The number of carbonyl (C=O) groups is 2. The van der Waals surface area contributed by atoms with Crippen LogP contribution in [0.2, 0.25) is 5.02 Å². The topological polar surface area (TPSA) is 40.6 Å². The van der Waals surface area contributed by atoms with Crippen molar-refractivity contribution in [2.45, 2.75) is 13.3 Å². The zero-order valence-corrected chi connectivity index (χ0v) is 17.2. The number of hydrogen-bond acceptors (Lipinski definition) is 3. The van der Waals surface area contributed by atoms with E-state index in [1.165, 1.54) is 10.5 Å². The van der Waals surface area contributed by atoms with Crippen molar-refractivity contribution in [2.24, 2.45) is 0 Å². The molecule has 0 aliphatic carbocycles. The molecule has 0 radical (unpaired) electrons. The number of hydrogen-bond donors (Lipinski definition) is 0. The molecule has 0 saturated heterocycles. The van der Waals surface area contributed by atoms with E-state index in [-0.39, 0.29) is 11.8 Å². The standard InChI is InChI=1S/C25H19ClN2O2/c1-16-5-4-7-20(15-16)28-24(29)22(18-9-11-19(26)12-10-18)23(25(28)30)27-14-13-17-6-2-3-8-21(17)27/h2-12,15H,13-14H2,1H3. The minimum Gasteiger partial charge on any atom is -0.336 e. The summed E-state index contributed by atoms with van der Waals surface area (Å²) in [5.74, 6) is -0.612. The normalized spacial score (nSPS) is 15.9. The van der Waals surface area contributed by atoms with E-state index in [2.05, 4.69) is 6.07 Å². The Morgan fingerprint density at radius 2 is 1.63 bits per heavy atom. The average Bonchev–Trinajstić information content (AvgIpc) is 3.27. The molecular weight excluding hydrogens is 396 g/mol. The molecule has 0 atom stereocenters. The first-order chi connectivity index (χ1) is 14.5. The molecule has 4 nitrogen and oxygen atoms in total. The lowest BCUT2D eigenvalue weighted by Gasteiger charge is -2.22. The summed E-state index contributed by atoms with van der Waals surface area (Å²) in [4.78, 5) is 30.5. The molecule has 0 unspecified atom stereocenters. The molecule has 30 heavy (non-hydrogen) atoms. The minimum atomic E-state index is -0.313. The first-order valence-corrected chi connectivity index (χ1v) is 10.2. The maximum atomic E-state index is 13.7. The van der Waals surface area contributed by atoms with Gasteiger partial charge in [-0.05, 0) is 60.4 Å². The maximum absolute atomic E-state index is 13.7. The highest BCUT2D eigenvalue weighted by Crippen LogP contribution is 2.40. The van der Waals surface area contributed by atoms with E-state index in [0.717, 1.165) is 17.7 Å². The Labute approximate surface area is 180 Å².